The summed E-state index contributed by atoms with van der Waals surface area (Å²) >= 11 is 0. The minimum absolute atomic E-state index is 0.0595. The molecule has 1 aliphatic rings. The summed E-state index contributed by atoms with van der Waals surface area (Å²) in [7, 11) is 0. The van der Waals surface area contributed by atoms with Gasteiger partial charge in [0.25, 0.3) is 5.91 Å². The lowest BCUT2D eigenvalue weighted by Crippen LogP contribution is -2.49. The average Bonchev–Trinajstić information content (AvgIpc) is 3.37. The molecule has 1 saturated heterocycles. The van der Waals surface area contributed by atoms with Crippen LogP contribution in [0.1, 0.15) is 45.2 Å². The number of nitrogens with two attached hydrogens (primary N) is 1. The second-order valence-electron chi connectivity index (χ2n) is 8.77. The Morgan fingerprint density at radius 2 is 1.95 bits per heavy atom. The summed E-state index contributed by atoms with van der Waals surface area (Å²) in [5.41, 5.74) is 8.02. The van der Waals surface area contributed by atoms with E-state index in [-0.39, 0.29) is 48.9 Å². The second kappa shape index (κ2) is 11.2. The lowest BCUT2D eigenvalue weighted by Gasteiger charge is -2.34. The molecule has 0 saturated carbocycles. The Bertz CT molecular complexity index is 1290. The molecule has 10 nitrogen and oxygen atoms in total. The molecular weight excluding hydrogens is 481 g/mol. The van der Waals surface area contributed by atoms with Gasteiger partial charge in [0, 0.05) is 19.2 Å². The average molecular weight is 510 g/mol. The third kappa shape index (κ3) is 6.11. The number of esters is 1. The molecule has 4 rings (SSSR count). The van der Waals surface area contributed by atoms with E-state index < -0.39 is 24.2 Å². The number of benzene rings is 1. The fraction of sp³-hybridized carbons (Fsp3) is 0.346. The van der Waals surface area contributed by atoms with Crippen LogP contribution < -0.4 is 10.5 Å². The molecule has 0 bridgehead atoms. The summed E-state index contributed by atoms with van der Waals surface area (Å²) < 4.78 is 27.1. The number of primary amides is 1. The number of pyridine rings is 1. The maximum Gasteiger partial charge on any atom is 0.341 e. The second-order valence-corrected chi connectivity index (χ2v) is 8.77. The molecule has 0 aliphatic carbocycles. The molecule has 0 spiro atoms. The highest BCUT2D eigenvalue weighted by molar-refractivity contribution is 5.95. The molecular formula is C26H28FN5O5. The molecule has 2 aromatic heterocycles. The molecule has 1 fully saturated rings. The maximum atomic E-state index is 15.0. The number of amides is 2. The first kappa shape index (κ1) is 25.8. The van der Waals surface area contributed by atoms with Crippen molar-refractivity contribution in [1.82, 2.24) is 19.7 Å². The van der Waals surface area contributed by atoms with Crippen molar-refractivity contribution >= 4 is 17.8 Å². The zero-order valence-electron chi connectivity index (χ0n) is 20.6. The molecule has 37 heavy (non-hydrogen) atoms. The highest BCUT2D eigenvalue weighted by Gasteiger charge is 2.34. The number of likely N-dealkylation sites (tertiary alicyclic amines) is 1. The van der Waals surface area contributed by atoms with Crippen LogP contribution in [-0.4, -0.2) is 69.4 Å². The van der Waals surface area contributed by atoms with Crippen molar-refractivity contribution in [2.24, 2.45) is 5.73 Å². The maximum absolute atomic E-state index is 15.0. The zero-order chi connectivity index (χ0) is 26.5. The van der Waals surface area contributed by atoms with Crippen LogP contribution in [0, 0.1) is 6.92 Å². The van der Waals surface area contributed by atoms with Crippen LogP contribution in [0.25, 0.3) is 5.69 Å². The van der Waals surface area contributed by atoms with Gasteiger partial charge in [-0.25, -0.2) is 18.9 Å². The number of ether oxygens (including phenoxy) is 2. The summed E-state index contributed by atoms with van der Waals surface area (Å²) in [5.74, 6) is -1.62. The number of piperidine rings is 1. The predicted molar refractivity (Wildman–Crippen MR) is 131 cm³/mol. The number of halogens is 1. The van der Waals surface area contributed by atoms with Crippen molar-refractivity contribution in [3.05, 3.63) is 71.2 Å². The monoisotopic (exact) mass is 509 g/mol. The van der Waals surface area contributed by atoms with E-state index in [1.54, 1.807) is 6.92 Å². The van der Waals surface area contributed by atoms with Crippen LogP contribution in [0.15, 0.2) is 48.9 Å². The Balaban J connectivity index is 1.42. The van der Waals surface area contributed by atoms with E-state index in [1.165, 1.54) is 34.2 Å². The highest BCUT2D eigenvalue weighted by atomic mass is 19.1. The zero-order valence-corrected chi connectivity index (χ0v) is 20.6. The van der Waals surface area contributed by atoms with Gasteiger partial charge in [0.2, 0.25) is 11.8 Å². The van der Waals surface area contributed by atoms with Crippen molar-refractivity contribution in [3.63, 3.8) is 0 Å². The minimum atomic E-state index is -1.48. The van der Waals surface area contributed by atoms with Gasteiger partial charge in [-0.1, -0.05) is 29.8 Å². The SMILES string of the molecule is CCOC(=O)c1cnn(-c2cnc(O[C@@H]3CCN(C(=O)Cc4ccc(C)cc4)C[C@@H]3F)c(C(N)=O)c2)c1. The molecule has 1 aliphatic heterocycles. The van der Waals surface area contributed by atoms with E-state index in [0.717, 1.165) is 11.1 Å². The van der Waals surface area contributed by atoms with Gasteiger partial charge in [-0.3, -0.25) is 9.59 Å². The Morgan fingerprint density at radius 3 is 2.62 bits per heavy atom. The number of alkyl halides is 1. The standard InChI is InChI=1S/C26H28FN5O5/c1-3-36-26(35)18-12-30-32(14-18)19-11-20(24(28)34)25(29-13-19)37-22-8-9-31(15-21(22)27)23(33)10-17-6-4-16(2)5-7-17/h4-7,11-14,21-22H,3,8-10,15H2,1-2H3,(H2,28,34)/t21-,22+/m0/s1. The van der Waals surface area contributed by atoms with Gasteiger partial charge in [0.1, 0.15) is 11.7 Å². The summed E-state index contributed by atoms with van der Waals surface area (Å²) in [4.78, 5) is 42.3. The summed E-state index contributed by atoms with van der Waals surface area (Å²) in [6.07, 6.45) is 2.17. The normalized spacial score (nSPS) is 17.3. The lowest BCUT2D eigenvalue weighted by atomic mass is 10.0. The Kier molecular flexibility index (Phi) is 7.80. The third-order valence-electron chi connectivity index (χ3n) is 6.03. The summed E-state index contributed by atoms with van der Waals surface area (Å²) in [6.45, 7) is 4.07. The van der Waals surface area contributed by atoms with Gasteiger partial charge in [-0.2, -0.15) is 5.10 Å². The first-order valence-corrected chi connectivity index (χ1v) is 11.9. The van der Waals surface area contributed by atoms with Crippen molar-refractivity contribution in [2.75, 3.05) is 19.7 Å². The molecule has 2 amide bonds. The Labute approximate surface area is 213 Å². The molecule has 194 valence electrons. The summed E-state index contributed by atoms with van der Waals surface area (Å²) in [5, 5.41) is 4.09. The molecule has 3 aromatic rings. The lowest BCUT2D eigenvalue weighted by molar-refractivity contribution is -0.134. The number of carbonyl (C=O) groups excluding carboxylic acids is 3. The predicted octanol–water partition coefficient (Wildman–Crippen LogP) is 2.41. The van der Waals surface area contributed by atoms with Gasteiger partial charge in [0.15, 0.2) is 6.17 Å². The third-order valence-corrected chi connectivity index (χ3v) is 6.03. The Morgan fingerprint density at radius 1 is 1.19 bits per heavy atom. The highest BCUT2D eigenvalue weighted by Crippen LogP contribution is 2.25. The van der Waals surface area contributed by atoms with Gasteiger partial charge in [-0.15, -0.1) is 0 Å². The molecule has 0 unspecified atom stereocenters. The number of aromatic nitrogens is 3. The van der Waals surface area contributed by atoms with Gasteiger partial charge >= 0.3 is 5.97 Å². The fourth-order valence-corrected chi connectivity index (χ4v) is 4.00. The van der Waals surface area contributed by atoms with Crippen LogP contribution in [0.4, 0.5) is 4.39 Å². The number of aryl methyl sites for hydroxylation is 1. The molecule has 11 heteroatoms. The van der Waals surface area contributed by atoms with E-state index in [1.807, 2.05) is 31.2 Å². The smallest absolute Gasteiger partial charge is 0.341 e. The van der Waals surface area contributed by atoms with E-state index in [9.17, 15) is 14.4 Å². The number of nitrogens with zero attached hydrogens (tertiary/aromatic N) is 4. The Hall–Kier alpha value is -4.28. The summed E-state index contributed by atoms with van der Waals surface area (Å²) in [6, 6.07) is 9.04. The van der Waals surface area contributed by atoms with Crippen molar-refractivity contribution in [1.29, 1.82) is 0 Å². The van der Waals surface area contributed by atoms with E-state index in [4.69, 9.17) is 15.2 Å². The quantitative estimate of drug-likeness (QED) is 0.462. The molecule has 3 heterocycles. The number of rotatable bonds is 8. The van der Waals surface area contributed by atoms with Crippen LogP contribution in [0.2, 0.25) is 0 Å². The van der Waals surface area contributed by atoms with Crippen LogP contribution in [0.5, 0.6) is 5.88 Å². The van der Waals surface area contributed by atoms with Crippen molar-refractivity contribution < 1.29 is 28.2 Å². The molecule has 0 radical (unpaired) electrons. The first-order valence-electron chi connectivity index (χ1n) is 11.9. The van der Waals surface area contributed by atoms with Crippen LogP contribution in [0.3, 0.4) is 0 Å². The molecule has 2 N–H and O–H groups in total. The van der Waals surface area contributed by atoms with Gasteiger partial charge < -0.3 is 20.1 Å². The largest absolute Gasteiger partial charge is 0.471 e. The number of carbonyl (C=O) groups is 3. The van der Waals surface area contributed by atoms with Crippen LogP contribution in [-0.2, 0) is 16.0 Å². The van der Waals surface area contributed by atoms with E-state index >= 15 is 4.39 Å². The number of hydrogen-bond donors (Lipinski definition) is 1. The van der Waals surface area contributed by atoms with Crippen LogP contribution >= 0.6 is 0 Å². The van der Waals surface area contributed by atoms with Crippen molar-refractivity contribution in [3.8, 4) is 11.6 Å². The molecule has 2 atom stereocenters. The van der Waals surface area contributed by atoms with E-state index in [2.05, 4.69) is 10.1 Å². The minimum Gasteiger partial charge on any atom is -0.471 e. The van der Waals surface area contributed by atoms with Crippen molar-refractivity contribution in [2.45, 2.75) is 39.0 Å². The fourth-order valence-electron chi connectivity index (χ4n) is 4.00. The van der Waals surface area contributed by atoms with Gasteiger partial charge in [-0.05, 0) is 25.5 Å². The number of hydrogen-bond acceptors (Lipinski definition) is 7. The van der Waals surface area contributed by atoms with Gasteiger partial charge in [0.05, 0.1) is 43.2 Å². The van der Waals surface area contributed by atoms with E-state index in [0.29, 0.717) is 12.2 Å². The topological polar surface area (TPSA) is 130 Å². The molecule has 1 aromatic carbocycles. The first-order chi connectivity index (χ1) is 17.7.